The summed E-state index contributed by atoms with van der Waals surface area (Å²) in [6, 6.07) is 25.4. The monoisotopic (exact) mass is 372 g/mol. The van der Waals surface area contributed by atoms with Crippen LogP contribution in [-0.2, 0) is 0 Å². The first kappa shape index (κ1) is 17.2. The van der Waals surface area contributed by atoms with E-state index in [4.69, 9.17) is 16.6 Å². The van der Waals surface area contributed by atoms with E-state index in [0.29, 0.717) is 16.7 Å². The Kier molecular flexibility index (Phi) is 4.81. The molecule has 0 spiro atoms. The molecule has 0 saturated carbocycles. The smallest absolute Gasteiger partial charge is 0.162 e. The number of hydrogen-bond acceptors (Lipinski definition) is 4. The van der Waals surface area contributed by atoms with Crippen LogP contribution in [0.5, 0.6) is 0 Å². The number of hydrogen-bond donors (Lipinski definition) is 1. The van der Waals surface area contributed by atoms with Crippen LogP contribution in [-0.4, -0.2) is 15.7 Å². The number of nitrogens with zero attached hydrogens (tertiary/aromatic N) is 3. The number of anilines is 1. The number of fused-ring (bicyclic) bond motifs is 1. The third-order valence-electron chi connectivity index (χ3n) is 4.23. The first-order valence-corrected chi connectivity index (χ1v) is 8.97. The lowest BCUT2D eigenvalue weighted by Crippen LogP contribution is -2.03. The molecule has 0 aliphatic carbocycles. The van der Waals surface area contributed by atoms with Gasteiger partial charge in [0.15, 0.2) is 11.6 Å². The second-order valence-electron chi connectivity index (χ2n) is 6.09. The molecule has 3 aromatic carbocycles. The minimum absolute atomic E-state index is 0.625. The Labute approximate surface area is 162 Å². The van der Waals surface area contributed by atoms with Crippen molar-refractivity contribution in [3.05, 3.63) is 89.4 Å². The van der Waals surface area contributed by atoms with E-state index < -0.39 is 0 Å². The summed E-state index contributed by atoms with van der Waals surface area (Å²) in [5, 5.41) is 6.12. The summed E-state index contributed by atoms with van der Waals surface area (Å²) < 4.78 is 0. The first-order valence-electron chi connectivity index (χ1n) is 8.59. The summed E-state index contributed by atoms with van der Waals surface area (Å²) in [6.45, 7) is 1.96. The predicted molar refractivity (Wildman–Crippen MR) is 112 cm³/mol. The number of rotatable bonds is 4. The summed E-state index contributed by atoms with van der Waals surface area (Å²) in [5.41, 5.74) is 6.81. The number of aromatic nitrogens is 2. The number of hydrazone groups is 1. The Bertz CT molecular complexity index is 1110. The van der Waals surface area contributed by atoms with E-state index in [1.165, 1.54) is 0 Å². The molecule has 0 unspecified atom stereocenters. The SMILES string of the molecule is C/C(=N/Nc1nc(-c2ccc(Cl)cc2)nc2ccccc12)c1ccccc1. The van der Waals surface area contributed by atoms with Crippen LogP contribution in [0.3, 0.4) is 0 Å². The van der Waals surface area contributed by atoms with Gasteiger partial charge in [-0.3, -0.25) is 5.43 Å². The molecule has 4 rings (SSSR count). The van der Waals surface area contributed by atoms with Gasteiger partial charge in [0.2, 0.25) is 0 Å². The van der Waals surface area contributed by atoms with Gasteiger partial charge in [0.25, 0.3) is 0 Å². The van der Waals surface area contributed by atoms with Gasteiger partial charge in [-0.05, 0) is 48.9 Å². The first-order chi connectivity index (χ1) is 13.2. The van der Waals surface area contributed by atoms with Gasteiger partial charge >= 0.3 is 0 Å². The van der Waals surface area contributed by atoms with Gasteiger partial charge in [0.05, 0.1) is 11.2 Å². The second-order valence-corrected chi connectivity index (χ2v) is 6.53. The minimum atomic E-state index is 0.625. The molecule has 1 aromatic heterocycles. The lowest BCUT2D eigenvalue weighted by Gasteiger charge is -2.09. The summed E-state index contributed by atoms with van der Waals surface area (Å²) >= 11 is 6.00. The van der Waals surface area contributed by atoms with Crippen molar-refractivity contribution < 1.29 is 0 Å². The van der Waals surface area contributed by atoms with Crippen molar-refractivity contribution in [2.45, 2.75) is 6.92 Å². The third kappa shape index (κ3) is 3.81. The molecule has 0 bridgehead atoms. The van der Waals surface area contributed by atoms with Gasteiger partial charge in [0.1, 0.15) is 0 Å². The van der Waals surface area contributed by atoms with Crippen LogP contribution in [0.25, 0.3) is 22.3 Å². The van der Waals surface area contributed by atoms with Crippen molar-refractivity contribution >= 4 is 34.0 Å². The Hall–Kier alpha value is -3.24. The number of benzene rings is 3. The number of para-hydroxylation sites is 1. The zero-order valence-corrected chi connectivity index (χ0v) is 15.5. The quantitative estimate of drug-likeness (QED) is 0.364. The Morgan fingerprint density at radius 3 is 2.33 bits per heavy atom. The van der Waals surface area contributed by atoms with Crippen LogP contribution >= 0.6 is 11.6 Å². The second kappa shape index (κ2) is 7.56. The van der Waals surface area contributed by atoms with E-state index in [0.717, 1.165) is 27.7 Å². The maximum Gasteiger partial charge on any atom is 0.162 e. The van der Waals surface area contributed by atoms with Gasteiger partial charge in [-0.2, -0.15) is 5.10 Å². The standard InChI is InChI=1S/C22H17ClN4/c1-15(16-7-3-2-4-8-16)26-27-22-19-9-5-6-10-20(19)24-21(25-22)17-11-13-18(23)14-12-17/h2-14H,1H3,(H,24,25,27)/b26-15-. The van der Waals surface area contributed by atoms with Gasteiger partial charge in [-0.25, -0.2) is 9.97 Å². The maximum atomic E-state index is 6.00. The van der Waals surface area contributed by atoms with Crippen LogP contribution in [0.15, 0.2) is 84.0 Å². The molecular weight excluding hydrogens is 356 g/mol. The van der Waals surface area contributed by atoms with Crippen LogP contribution in [0.1, 0.15) is 12.5 Å². The fourth-order valence-electron chi connectivity index (χ4n) is 2.77. The molecule has 0 aliphatic rings. The van der Waals surface area contributed by atoms with E-state index in [-0.39, 0.29) is 0 Å². The highest BCUT2D eigenvalue weighted by Crippen LogP contribution is 2.25. The fraction of sp³-hybridized carbons (Fsp3) is 0.0455. The highest BCUT2D eigenvalue weighted by atomic mass is 35.5. The van der Waals surface area contributed by atoms with Crippen molar-refractivity contribution in [3.8, 4) is 11.4 Å². The highest BCUT2D eigenvalue weighted by molar-refractivity contribution is 6.30. The van der Waals surface area contributed by atoms with E-state index in [2.05, 4.69) is 15.5 Å². The van der Waals surface area contributed by atoms with Crippen LogP contribution in [0.4, 0.5) is 5.82 Å². The summed E-state index contributed by atoms with van der Waals surface area (Å²) in [6.07, 6.45) is 0. The molecule has 1 N–H and O–H groups in total. The van der Waals surface area contributed by atoms with Gasteiger partial charge in [-0.15, -0.1) is 0 Å². The largest absolute Gasteiger partial charge is 0.260 e. The van der Waals surface area contributed by atoms with Gasteiger partial charge in [-0.1, -0.05) is 54.1 Å². The molecule has 1 heterocycles. The average Bonchev–Trinajstić information content (AvgIpc) is 2.72. The average molecular weight is 373 g/mol. The summed E-state index contributed by atoms with van der Waals surface area (Å²) in [5.74, 6) is 1.29. The minimum Gasteiger partial charge on any atom is -0.260 e. The molecule has 4 aromatic rings. The van der Waals surface area contributed by atoms with Crippen molar-refractivity contribution in [2.75, 3.05) is 5.43 Å². The molecule has 4 nitrogen and oxygen atoms in total. The molecule has 0 aliphatic heterocycles. The maximum absolute atomic E-state index is 6.00. The summed E-state index contributed by atoms with van der Waals surface area (Å²) in [7, 11) is 0. The zero-order valence-electron chi connectivity index (χ0n) is 14.7. The lowest BCUT2D eigenvalue weighted by atomic mass is 10.1. The van der Waals surface area contributed by atoms with E-state index >= 15 is 0 Å². The lowest BCUT2D eigenvalue weighted by molar-refractivity contribution is 1.18. The van der Waals surface area contributed by atoms with Crippen molar-refractivity contribution in [1.29, 1.82) is 0 Å². The third-order valence-corrected chi connectivity index (χ3v) is 4.48. The molecule has 0 amide bonds. The van der Waals surface area contributed by atoms with Crippen LogP contribution < -0.4 is 5.43 Å². The Morgan fingerprint density at radius 1 is 0.852 bits per heavy atom. The molecule has 5 heteroatoms. The van der Waals surface area contributed by atoms with Gasteiger partial charge in [0, 0.05) is 16.0 Å². The van der Waals surface area contributed by atoms with Crippen molar-refractivity contribution in [3.63, 3.8) is 0 Å². The van der Waals surface area contributed by atoms with Gasteiger partial charge < -0.3 is 0 Å². The molecule has 0 atom stereocenters. The fourth-order valence-corrected chi connectivity index (χ4v) is 2.90. The molecular formula is C22H17ClN4. The van der Waals surface area contributed by atoms with E-state index in [9.17, 15) is 0 Å². The molecule has 0 saturated heterocycles. The Balaban J connectivity index is 1.76. The van der Waals surface area contributed by atoms with E-state index in [1.54, 1.807) is 0 Å². The van der Waals surface area contributed by atoms with E-state index in [1.807, 2.05) is 85.8 Å². The number of nitrogens with one attached hydrogen (secondary N) is 1. The topological polar surface area (TPSA) is 50.2 Å². The predicted octanol–water partition coefficient (Wildman–Crippen LogP) is 5.79. The normalized spacial score (nSPS) is 11.6. The summed E-state index contributed by atoms with van der Waals surface area (Å²) in [4.78, 5) is 9.37. The zero-order chi connectivity index (χ0) is 18.6. The Morgan fingerprint density at radius 2 is 1.56 bits per heavy atom. The van der Waals surface area contributed by atoms with Crippen molar-refractivity contribution in [2.24, 2.45) is 5.10 Å². The molecule has 27 heavy (non-hydrogen) atoms. The highest BCUT2D eigenvalue weighted by Gasteiger charge is 2.09. The van der Waals surface area contributed by atoms with Crippen molar-refractivity contribution in [1.82, 2.24) is 9.97 Å². The molecule has 0 fully saturated rings. The number of halogens is 1. The van der Waals surface area contributed by atoms with Crippen LogP contribution in [0.2, 0.25) is 5.02 Å². The molecule has 0 radical (unpaired) electrons. The molecule has 132 valence electrons. The van der Waals surface area contributed by atoms with Crippen LogP contribution in [0, 0.1) is 0 Å².